The van der Waals surface area contributed by atoms with Gasteiger partial charge >= 0.3 is 0 Å². The van der Waals surface area contributed by atoms with Gasteiger partial charge in [0, 0.05) is 19.5 Å². The maximum absolute atomic E-state index is 12.1. The Labute approximate surface area is 185 Å². The monoisotopic (exact) mass is 437 g/mol. The zero-order valence-electron chi connectivity index (χ0n) is 17.1. The molecule has 0 fully saturated rings. The first-order valence-electron chi connectivity index (χ1n) is 10.4. The Morgan fingerprint density at radius 1 is 1.06 bits per heavy atom. The molecule has 31 heavy (non-hydrogen) atoms. The van der Waals surface area contributed by atoms with Crippen molar-refractivity contribution in [3.05, 3.63) is 83.5 Å². The Morgan fingerprint density at radius 3 is 2.74 bits per heavy atom. The van der Waals surface area contributed by atoms with Gasteiger partial charge < -0.3 is 19.0 Å². The van der Waals surface area contributed by atoms with Crippen LogP contribution >= 0.6 is 11.6 Å². The highest BCUT2D eigenvalue weighted by Crippen LogP contribution is 2.23. The average Bonchev–Trinajstić information content (AvgIpc) is 3.43. The molecule has 0 bridgehead atoms. The van der Waals surface area contributed by atoms with Crippen molar-refractivity contribution in [3.63, 3.8) is 0 Å². The molecule has 2 aromatic heterocycles. The van der Waals surface area contributed by atoms with Crippen molar-refractivity contribution >= 4 is 28.5 Å². The average molecular weight is 438 g/mol. The van der Waals surface area contributed by atoms with E-state index >= 15 is 0 Å². The number of imidazole rings is 1. The molecule has 1 amide bonds. The zero-order chi connectivity index (χ0) is 21.5. The van der Waals surface area contributed by atoms with Gasteiger partial charge in [0.15, 0.2) is 5.76 Å². The molecule has 6 nitrogen and oxygen atoms in total. The van der Waals surface area contributed by atoms with E-state index in [9.17, 15) is 4.79 Å². The number of unbranched alkanes of at least 4 members (excludes halogenated alkanes) is 1. The number of nitrogens with one attached hydrogen (secondary N) is 1. The standard InChI is InChI=1S/C24H24ClN3O3/c25-18-8-1-4-11-21(18)30-16-6-5-15-28-20-10-3-2-9-19(20)27-23(28)13-14-26-24(29)22-12-7-17-31-22/h1-4,7-12,17H,5-6,13-16H2,(H,26,29). The van der Waals surface area contributed by atoms with E-state index in [1.165, 1.54) is 6.26 Å². The summed E-state index contributed by atoms with van der Waals surface area (Å²) in [6.07, 6.45) is 3.96. The van der Waals surface area contributed by atoms with Crippen LogP contribution in [0.1, 0.15) is 29.2 Å². The number of aryl methyl sites for hydroxylation is 1. The number of rotatable bonds is 10. The smallest absolute Gasteiger partial charge is 0.286 e. The number of hydrogen-bond donors (Lipinski definition) is 1. The van der Waals surface area contributed by atoms with Gasteiger partial charge in [0.05, 0.1) is 28.9 Å². The summed E-state index contributed by atoms with van der Waals surface area (Å²) in [6, 6.07) is 18.9. The number of ether oxygens (including phenoxy) is 1. The van der Waals surface area contributed by atoms with Crippen molar-refractivity contribution in [3.8, 4) is 5.75 Å². The molecule has 160 valence electrons. The predicted octanol–water partition coefficient (Wildman–Crippen LogP) is 5.11. The van der Waals surface area contributed by atoms with Crippen molar-refractivity contribution in [1.29, 1.82) is 0 Å². The summed E-state index contributed by atoms with van der Waals surface area (Å²) >= 11 is 6.13. The zero-order valence-corrected chi connectivity index (χ0v) is 17.8. The molecule has 0 saturated heterocycles. The number of benzene rings is 2. The van der Waals surface area contributed by atoms with Gasteiger partial charge in [-0.2, -0.15) is 0 Å². The lowest BCUT2D eigenvalue weighted by Crippen LogP contribution is -2.26. The van der Waals surface area contributed by atoms with Crippen LogP contribution in [0.25, 0.3) is 11.0 Å². The molecule has 0 aliphatic heterocycles. The normalized spacial score (nSPS) is 11.0. The van der Waals surface area contributed by atoms with Crippen LogP contribution in [0.3, 0.4) is 0 Å². The molecular formula is C24H24ClN3O3. The number of para-hydroxylation sites is 3. The van der Waals surface area contributed by atoms with Gasteiger partial charge in [0.2, 0.25) is 0 Å². The number of fused-ring (bicyclic) bond motifs is 1. The van der Waals surface area contributed by atoms with E-state index in [0.29, 0.717) is 36.1 Å². The van der Waals surface area contributed by atoms with Gasteiger partial charge in [-0.1, -0.05) is 35.9 Å². The summed E-state index contributed by atoms with van der Waals surface area (Å²) < 4.78 is 13.1. The fourth-order valence-electron chi connectivity index (χ4n) is 3.46. The molecule has 0 spiro atoms. The number of nitrogens with zero attached hydrogens (tertiary/aromatic N) is 2. The SMILES string of the molecule is O=C(NCCc1nc2ccccc2n1CCCCOc1ccccc1Cl)c1ccco1. The summed E-state index contributed by atoms with van der Waals surface area (Å²) in [5.74, 6) is 1.76. The molecule has 0 radical (unpaired) electrons. The first-order chi connectivity index (χ1) is 15.2. The van der Waals surface area contributed by atoms with Crippen LogP contribution in [-0.4, -0.2) is 28.6 Å². The lowest BCUT2D eigenvalue weighted by Gasteiger charge is -2.11. The molecule has 0 aliphatic rings. The number of furan rings is 1. The lowest BCUT2D eigenvalue weighted by atomic mass is 10.2. The Morgan fingerprint density at radius 2 is 1.90 bits per heavy atom. The fourth-order valence-corrected chi connectivity index (χ4v) is 3.65. The number of aromatic nitrogens is 2. The highest BCUT2D eigenvalue weighted by atomic mass is 35.5. The molecule has 0 unspecified atom stereocenters. The third kappa shape index (κ3) is 5.27. The molecule has 7 heteroatoms. The first-order valence-corrected chi connectivity index (χ1v) is 10.7. The second kappa shape index (κ2) is 10.2. The quantitative estimate of drug-likeness (QED) is 0.350. The Hall–Kier alpha value is -3.25. The molecule has 1 N–H and O–H groups in total. The number of halogens is 1. The minimum absolute atomic E-state index is 0.218. The lowest BCUT2D eigenvalue weighted by molar-refractivity contribution is 0.0926. The largest absolute Gasteiger partial charge is 0.492 e. The van der Waals surface area contributed by atoms with E-state index < -0.39 is 0 Å². The van der Waals surface area contributed by atoms with Crippen LogP contribution in [0.5, 0.6) is 5.75 Å². The van der Waals surface area contributed by atoms with Gasteiger partial charge in [-0.05, 0) is 49.2 Å². The van der Waals surface area contributed by atoms with E-state index in [-0.39, 0.29) is 5.91 Å². The van der Waals surface area contributed by atoms with Crippen LogP contribution in [0.2, 0.25) is 5.02 Å². The number of carbonyl (C=O) groups excluding carboxylic acids is 1. The van der Waals surface area contributed by atoms with Gasteiger partial charge in [0.25, 0.3) is 5.91 Å². The second-order valence-corrected chi connectivity index (χ2v) is 7.54. The van der Waals surface area contributed by atoms with Gasteiger partial charge in [-0.15, -0.1) is 0 Å². The highest BCUT2D eigenvalue weighted by Gasteiger charge is 2.12. The molecule has 4 rings (SSSR count). The minimum Gasteiger partial charge on any atom is -0.492 e. The molecule has 2 heterocycles. The molecule has 0 atom stereocenters. The van der Waals surface area contributed by atoms with Crippen molar-refractivity contribution < 1.29 is 13.9 Å². The van der Waals surface area contributed by atoms with E-state index in [4.69, 9.17) is 25.7 Å². The van der Waals surface area contributed by atoms with E-state index in [2.05, 4.69) is 16.0 Å². The minimum atomic E-state index is -0.218. The van der Waals surface area contributed by atoms with Crippen molar-refractivity contribution in [2.45, 2.75) is 25.8 Å². The van der Waals surface area contributed by atoms with Crippen LogP contribution in [0, 0.1) is 0 Å². The predicted molar refractivity (Wildman–Crippen MR) is 121 cm³/mol. The molecular weight excluding hydrogens is 414 g/mol. The molecule has 0 saturated carbocycles. The van der Waals surface area contributed by atoms with Crippen LogP contribution < -0.4 is 10.1 Å². The van der Waals surface area contributed by atoms with Gasteiger partial charge in [-0.25, -0.2) is 4.98 Å². The van der Waals surface area contributed by atoms with Crippen molar-refractivity contribution in [2.24, 2.45) is 0 Å². The van der Waals surface area contributed by atoms with Crippen LogP contribution in [0.15, 0.2) is 71.3 Å². The maximum atomic E-state index is 12.1. The van der Waals surface area contributed by atoms with Crippen LogP contribution in [-0.2, 0) is 13.0 Å². The van der Waals surface area contributed by atoms with Crippen molar-refractivity contribution in [1.82, 2.24) is 14.9 Å². The summed E-state index contributed by atoms with van der Waals surface area (Å²) in [5, 5.41) is 3.51. The summed E-state index contributed by atoms with van der Waals surface area (Å²) in [7, 11) is 0. The van der Waals surface area contributed by atoms with Gasteiger partial charge in [0.1, 0.15) is 11.6 Å². The third-order valence-corrected chi connectivity index (χ3v) is 5.30. The highest BCUT2D eigenvalue weighted by molar-refractivity contribution is 6.32. The molecule has 2 aromatic carbocycles. The van der Waals surface area contributed by atoms with E-state index in [1.54, 1.807) is 12.1 Å². The second-order valence-electron chi connectivity index (χ2n) is 7.14. The van der Waals surface area contributed by atoms with Crippen LogP contribution in [0.4, 0.5) is 0 Å². The van der Waals surface area contributed by atoms with E-state index in [0.717, 1.165) is 36.2 Å². The summed E-state index contributed by atoms with van der Waals surface area (Å²) in [4.78, 5) is 16.9. The Kier molecular flexibility index (Phi) is 6.89. The molecule has 0 aliphatic carbocycles. The topological polar surface area (TPSA) is 69.3 Å². The Bertz CT molecular complexity index is 1140. The molecule has 4 aromatic rings. The van der Waals surface area contributed by atoms with Gasteiger partial charge in [-0.3, -0.25) is 4.79 Å². The van der Waals surface area contributed by atoms with E-state index in [1.807, 2.05) is 42.5 Å². The summed E-state index contributed by atoms with van der Waals surface area (Å²) in [6.45, 7) is 1.91. The number of hydrogen-bond acceptors (Lipinski definition) is 4. The first kappa shape index (κ1) is 21.0. The number of amides is 1. The fraction of sp³-hybridized carbons (Fsp3) is 0.250. The number of carbonyl (C=O) groups is 1. The van der Waals surface area contributed by atoms with Crippen molar-refractivity contribution in [2.75, 3.05) is 13.2 Å². The Balaban J connectivity index is 1.33. The maximum Gasteiger partial charge on any atom is 0.286 e. The third-order valence-electron chi connectivity index (χ3n) is 4.98. The summed E-state index contributed by atoms with van der Waals surface area (Å²) in [5.41, 5.74) is 2.06.